The number of rotatable bonds is 1. The molecule has 0 saturated carbocycles. The Morgan fingerprint density at radius 1 is 1.04 bits per heavy atom. The Morgan fingerprint density at radius 2 is 1.74 bits per heavy atom. The van der Waals surface area contributed by atoms with Gasteiger partial charge >= 0.3 is 0 Å². The van der Waals surface area contributed by atoms with Crippen molar-refractivity contribution >= 4 is 39.1 Å². The summed E-state index contributed by atoms with van der Waals surface area (Å²) in [7, 11) is 0. The molecule has 0 saturated heterocycles. The molecule has 0 fully saturated rings. The van der Waals surface area contributed by atoms with Crippen LogP contribution in [0.3, 0.4) is 0 Å². The van der Waals surface area contributed by atoms with Gasteiger partial charge in [-0.2, -0.15) is 0 Å². The van der Waals surface area contributed by atoms with Crippen LogP contribution < -0.4 is 14.9 Å². The summed E-state index contributed by atoms with van der Waals surface area (Å²) in [5.74, 6) is 0. The van der Waals surface area contributed by atoms with E-state index in [2.05, 4.69) is 38.1 Å². The molecule has 0 spiro atoms. The summed E-state index contributed by atoms with van der Waals surface area (Å²) in [6.45, 7) is 4.26. The minimum absolute atomic E-state index is 0.00124. The van der Waals surface area contributed by atoms with E-state index >= 15 is 0 Å². The van der Waals surface area contributed by atoms with Crippen LogP contribution in [0.5, 0.6) is 0 Å². The molecular weight excluding hydrogens is 392 g/mol. The maximum atomic E-state index is 13.5. The standard InChI is InChI=1S/C21H20N2OS3/c1-12-13(2)26-20(25-12)18-19(24)23-17(14-8-4-3-5-9-14)15-10-6-7-11-16(15)22-21(23)27-18/h3-5,8-9,17H,6-7,10-11H2,1-2H3/t17-/m0/s1. The van der Waals surface area contributed by atoms with Crippen molar-refractivity contribution < 1.29 is 0 Å². The lowest BCUT2D eigenvalue weighted by Gasteiger charge is -2.29. The summed E-state index contributed by atoms with van der Waals surface area (Å²) >= 11 is 5.02. The molecule has 6 heteroatoms. The number of benzene rings is 1. The van der Waals surface area contributed by atoms with Crippen molar-refractivity contribution in [2.75, 3.05) is 0 Å². The Bertz CT molecular complexity index is 1150. The summed E-state index contributed by atoms with van der Waals surface area (Å²) in [5, 5.41) is 0. The van der Waals surface area contributed by atoms with Crippen LogP contribution in [0, 0.1) is 0 Å². The minimum atomic E-state index is -0.00124. The number of hydrogen-bond acceptors (Lipinski definition) is 5. The van der Waals surface area contributed by atoms with Crippen molar-refractivity contribution in [1.29, 1.82) is 0 Å². The highest BCUT2D eigenvalue weighted by Gasteiger charge is 2.31. The minimum Gasteiger partial charge on any atom is -0.272 e. The monoisotopic (exact) mass is 412 g/mol. The van der Waals surface area contributed by atoms with Gasteiger partial charge < -0.3 is 0 Å². The van der Waals surface area contributed by atoms with Crippen LogP contribution in [-0.4, -0.2) is 4.57 Å². The zero-order valence-corrected chi connectivity index (χ0v) is 17.8. The third-order valence-electron chi connectivity index (χ3n) is 5.40. The highest BCUT2D eigenvalue weighted by Crippen LogP contribution is 2.49. The van der Waals surface area contributed by atoms with Crippen molar-refractivity contribution in [2.45, 2.75) is 45.6 Å². The quantitative estimate of drug-likeness (QED) is 0.677. The highest BCUT2D eigenvalue weighted by molar-refractivity contribution is 8.35. The first-order valence-electron chi connectivity index (χ1n) is 9.28. The zero-order chi connectivity index (χ0) is 18.5. The number of aromatic nitrogens is 1. The van der Waals surface area contributed by atoms with E-state index in [1.165, 1.54) is 39.5 Å². The first-order valence-corrected chi connectivity index (χ1v) is 11.7. The third kappa shape index (κ3) is 2.89. The summed E-state index contributed by atoms with van der Waals surface area (Å²) in [4.78, 5) is 21.9. The molecule has 3 nitrogen and oxygen atoms in total. The topological polar surface area (TPSA) is 34.4 Å². The second-order valence-corrected chi connectivity index (χ2v) is 10.8. The highest BCUT2D eigenvalue weighted by atomic mass is 32.2. The second kappa shape index (κ2) is 6.83. The molecular formula is C21H20N2OS3. The molecule has 0 radical (unpaired) electrons. The van der Waals surface area contributed by atoms with Gasteiger partial charge in [0.2, 0.25) is 0 Å². The van der Waals surface area contributed by atoms with Gasteiger partial charge in [-0.3, -0.25) is 9.36 Å². The van der Waals surface area contributed by atoms with Crippen LogP contribution in [0.15, 0.2) is 61.2 Å². The number of hydrogen-bond donors (Lipinski definition) is 0. The fraction of sp³-hybridized carbons (Fsp3) is 0.333. The Kier molecular flexibility index (Phi) is 4.45. The number of thioether (sulfide) groups is 2. The molecule has 1 atom stereocenters. The molecule has 5 rings (SSSR count). The molecule has 1 aromatic heterocycles. The molecule has 0 N–H and O–H groups in total. The van der Waals surface area contributed by atoms with Gasteiger partial charge in [0.05, 0.1) is 10.3 Å². The number of nitrogens with zero attached hydrogens (tertiary/aromatic N) is 2. The third-order valence-corrected chi connectivity index (χ3v) is 9.34. The zero-order valence-electron chi connectivity index (χ0n) is 15.3. The van der Waals surface area contributed by atoms with Crippen LogP contribution in [0.4, 0.5) is 0 Å². The lowest BCUT2D eigenvalue weighted by Crippen LogP contribution is -2.38. The fourth-order valence-corrected chi connectivity index (χ4v) is 7.71. The molecule has 27 heavy (non-hydrogen) atoms. The van der Waals surface area contributed by atoms with Gasteiger partial charge in [-0.25, -0.2) is 4.99 Å². The van der Waals surface area contributed by atoms with E-state index in [1.807, 2.05) is 10.6 Å². The van der Waals surface area contributed by atoms with Crippen LogP contribution >= 0.6 is 34.9 Å². The van der Waals surface area contributed by atoms with Gasteiger partial charge in [0, 0.05) is 5.70 Å². The van der Waals surface area contributed by atoms with E-state index in [9.17, 15) is 4.79 Å². The molecule has 0 amide bonds. The van der Waals surface area contributed by atoms with Crippen LogP contribution in [-0.2, 0) is 0 Å². The summed E-state index contributed by atoms with van der Waals surface area (Å²) < 4.78 is 3.92. The molecule has 138 valence electrons. The van der Waals surface area contributed by atoms with Crippen LogP contribution in [0.25, 0.3) is 4.24 Å². The second-order valence-electron chi connectivity index (χ2n) is 7.10. The van der Waals surface area contributed by atoms with Gasteiger partial charge in [0.25, 0.3) is 5.56 Å². The Morgan fingerprint density at radius 3 is 2.48 bits per heavy atom. The molecule has 3 aliphatic rings. The van der Waals surface area contributed by atoms with Crippen molar-refractivity contribution in [2.24, 2.45) is 4.99 Å². The van der Waals surface area contributed by atoms with E-state index in [1.54, 1.807) is 34.9 Å². The maximum absolute atomic E-state index is 13.5. The summed E-state index contributed by atoms with van der Waals surface area (Å²) in [6.07, 6.45) is 4.44. The van der Waals surface area contributed by atoms with E-state index < -0.39 is 0 Å². The van der Waals surface area contributed by atoms with Crippen LogP contribution in [0.2, 0.25) is 0 Å². The smallest absolute Gasteiger partial charge is 0.272 e. The molecule has 2 aliphatic heterocycles. The molecule has 1 aliphatic carbocycles. The summed E-state index contributed by atoms with van der Waals surface area (Å²) in [5.41, 5.74) is 3.86. The first-order chi connectivity index (χ1) is 13.1. The van der Waals surface area contributed by atoms with E-state index in [4.69, 9.17) is 4.99 Å². The van der Waals surface area contributed by atoms with Gasteiger partial charge in [0.1, 0.15) is 4.53 Å². The molecule has 1 aromatic carbocycles. The average molecular weight is 413 g/mol. The molecule has 2 aromatic rings. The van der Waals surface area contributed by atoms with Gasteiger partial charge in [-0.05, 0) is 60.5 Å². The van der Waals surface area contributed by atoms with Crippen molar-refractivity contribution in [1.82, 2.24) is 4.57 Å². The maximum Gasteiger partial charge on any atom is 0.272 e. The van der Waals surface area contributed by atoms with Gasteiger partial charge in [-0.15, -0.1) is 0 Å². The molecule has 0 bridgehead atoms. The van der Waals surface area contributed by atoms with Crippen molar-refractivity contribution in [3.8, 4) is 0 Å². The number of allylic oxidation sites excluding steroid dienone is 4. The lowest BCUT2D eigenvalue weighted by molar-refractivity contribution is 0.525. The van der Waals surface area contributed by atoms with Crippen molar-refractivity contribution in [3.63, 3.8) is 0 Å². The van der Waals surface area contributed by atoms with E-state index in [0.717, 1.165) is 26.4 Å². The number of thiazole rings is 1. The molecule has 0 unspecified atom stereocenters. The largest absolute Gasteiger partial charge is 0.272 e. The van der Waals surface area contributed by atoms with E-state index in [-0.39, 0.29) is 11.6 Å². The molecule has 3 heterocycles. The van der Waals surface area contributed by atoms with Crippen LogP contribution in [0.1, 0.15) is 51.1 Å². The summed E-state index contributed by atoms with van der Waals surface area (Å²) in [6, 6.07) is 10.5. The Hall–Kier alpha value is -1.50. The van der Waals surface area contributed by atoms with E-state index in [0.29, 0.717) is 0 Å². The van der Waals surface area contributed by atoms with Crippen molar-refractivity contribution in [3.05, 3.63) is 76.7 Å². The first kappa shape index (κ1) is 17.6. The predicted octanol–water partition coefficient (Wildman–Crippen LogP) is 4.76. The SMILES string of the molecule is CC1=C(C)SC(=c2sc3n(c2=O)[C@@H](c2ccccc2)C2=C(CCCC2)N=3)S1. The Labute approximate surface area is 170 Å². The van der Waals surface area contributed by atoms with Gasteiger partial charge in [0.15, 0.2) is 4.80 Å². The Balaban J connectivity index is 1.77. The lowest BCUT2D eigenvalue weighted by atomic mass is 9.87. The fourth-order valence-electron chi connectivity index (χ4n) is 3.94. The number of fused-ring (bicyclic) bond motifs is 1. The van der Waals surface area contributed by atoms with Gasteiger partial charge in [-0.1, -0.05) is 65.2 Å². The predicted molar refractivity (Wildman–Crippen MR) is 116 cm³/mol. The normalized spacial score (nSPS) is 22.0. The average Bonchev–Trinajstić information content (AvgIpc) is 3.20.